The first-order valence-electron chi connectivity index (χ1n) is 7.26. The van der Waals surface area contributed by atoms with Gasteiger partial charge in [0, 0.05) is 0 Å². The second-order valence-electron chi connectivity index (χ2n) is 8.17. The first-order chi connectivity index (χ1) is 9.53. The molecule has 0 aromatic heterocycles. The number of hydrogen-bond donors (Lipinski definition) is 0. The van der Waals surface area contributed by atoms with E-state index in [2.05, 4.69) is 6.08 Å². The minimum absolute atomic E-state index is 0. The van der Waals surface area contributed by atoms with E-state index in [1.165, 1.54) is 0 Å². The van der Waals surface area contributed by atoms with Gasteiger partial charge in [-0.25, -0.2) is 0 Å². The fraction of sp³-hybridized carbons (Fsp3) is 0.647. The van der Waals surface area contributed by atoms with Gasteiger partial charge in [0.15, 0.2) is 0 Å². The van der Waals surface area contributed by atoms with E-state index in [0.717, 1.165) is 0 Å². The zero-order chi connectivity index (χ0) is 17.9. The molecule has 1 radical (unpaired) electrons. The van der Waals surface area contributed by atoms with Crippen molar-refractivity contribution in [1.29, 1.82) is 0 Å². The molecule has 0 fully saturated rings. The second-order valence-corrected chi connectivity index (χ2v) is 13.2. The molecule has 0 amide bonds. The van der Waals surface area contributed by atoms with Gasteiger partial charge in [0.1, 0.15) is 11.6 Å². The van der Waals surface area contributed by atoms with Gasteiger partial charge in [0.2, 0.25) is 0 Å². The molecule has 0 rings (SSSR count). The standard InChI is InChI=1S/C17H28O4Si.Rh/c1-12(22(8,9)10)13(15(19)21-17(5,6)7)11-14(18)20-16(2,3)4;/h1H,2-10H3;/q-2;+2. The molecule has 0 aliphatic carbocycles. The van der Waals surface area contributed by atoms with Crippen LogP contribution in [0.1, 0.15) is 41.5 Å². The van der Waals surface area contributed by atoms with Gasteiger partial charge in [0.25, 0.3) is 5.97 Å². The van der Waals surface area contributed by atoms with E-state index in [-0.39, 0.29) is 25.1 Å². The summed E-state index contributed by atoms with van der Waals surface area (Å²) in [6.45, 7) is 22.5. The Morgan fingerprint density at radius 2 is 1.30 bits per heavy atom. The molecule has 133 valence electrons. The summed E-state index contributed by atoms with van der Waals surface area (Å²) in [6, 6.07) is 0. The van der Waals surface area contributed by atoms with Crippen LogP contribution >= 0.6 is 0 Å². The van der Waals surface area contributed by atoms with Gasteiger partial charge in [0.05, 0.1) is 5.60 Å². The molecule has 0 N–H and O–H groups in total. The first-order valence-corrected chi connectivity index (χ1v) is 10.8. The molecule has 0 aromatic carbocycles. The van der Waals surface area contributed by atoms with Crippen molar-refractivity contribution < 1.29 is 38.5 Å². The normalized spacial score (nSPS) is 13.0. The Morgan fingerprint density at radius 1 is 0.913 bits per heavy atom. The van der Waals surface area contributed by atoms with Gasteiger partial charge >= 0.3 is 19.5 Å². The third kappa shape index (κ3) is 10.6. The van der Waals surface area contributed by atoms with E-state index in [1.54, 1.807) is 41.5 Å². The molecule has 6 heteroatoms. The van der Waals surface area contributed by atoms with Crippen molar-refractivity contribution in [3.05, 3.63) is 23.4 Å². The van der Waals surface area contributed by atoms with Gasteiger partial charge in [-0.3, -0.25) is 10.4 Å². The van der Waals surface area contributed by atoms with Crippen molar-refractivity contribution in [1.82, 2.24) is 0 Å². The van der Waals surface area contributed by atoms with E-state index in [0.29, 0.717) is 5.20 Å². The van der Waals surface area contributed by atoms with Crippen LogP contribution in [0.5, 0.6) is 0 Å². The average Bonchev–Trinajstić information content (AvgIpc) is 2.18. The predicted molar refractivity (Wildman–Crippen MR) is 89.6 cm³/mol. The Kier molecular flexibility index (Phi) is 8.94. The van der Waals surface area contributed by atoms with Crippen molar-refractivity contribution in [2.75, 3.05) is 0 Å². The van der Waals surface area contributed by atoms with E-state index in [1.807, 2.05) is 19.6 Å². The van der Waals surface area contributed by atoms with Crippen LogP contribution in [-0.4, -0.2) is 31.2 Å². The number of carbonyl (C=O) groups is 2. The molecular weight excluding hydrogens is 399 g/mol. The maximum Gasteiger partial charge on any atom is 2.00 e. The van der Waals surface area contributed by atoms with Crippen molar-refractivity contribution in [3.8, 4) is 0 Å². The van der Waals surface area contributed by atoms with Crippen molar-refractivity contribution in [2.24, 2.45) is 0 Å². The molecule has 0 bridgehead atoms. The average molecular weight is 427 g/mol. The SMILES string of the molecule is [CH-]=C(C(=[C-]C(=O)OC(C)(C)C)C(=O)OC(C)(C)C)[Si](C)(C)C.[Rh+2]. The summed E-state index contributed by atoms with van der Waals surface area (Å²) in [6.07, 6.45) is 2.46. The van der Waals surface area contributed by atoms with Gasteiger partial charge < -0.3 is 26.0 Å². The Hall–Kier alpha value is -0.740. The van der Waals surface area contributed by atoms with Crippen molar-refractivity contribution in [2.45, 2.75) is 72.4 Å². The third-order valence-electron chi connectivity index (χ3n) is 2.31. The zero-order valence-electron chi connectivity index (χ0n) is 15.5. The zero-order valence-corrected chi connectivity index (χ0v) is 18.2. The number of hydrogen-bond acceptors (Lipinski definition) is 4. The van der Waals surface area contributed by atoms with Crippen LogP contribution in [0.25, 0.3) is 0 Å². The van der Waals surface area contributed by atoms with Crippen LogP contribution in [-0.2, 0) is 38.5 Å². The molecule has 0 aliphatic rings. The van der Waals surface area contributed by atoms with Gasteiger partial charge in [-0.15, -0.1) is 0 Å². The van der Waals surface area contributed by atoms with Crippen LogP contribution in [0, 0.1) is 12.7 Å². The smallest absolute Gasteiger partial charge is 0.528 e. The monoisotopic (exact) mass is 427 g/mol. The van der Waals surface area contributed by atoms with Crippen LogP contribution in [0.4, 0.5) is 0 Å². The van der Waals surface area contributed by atoms with Crippen LogP contribution < -0.4 is 0 Å². The van der Waals surface area contributed by atoms with E-state index < -0.39 is 31.2 Å². The summed E-state index contributed by atoms with van der Waals surface area (Å²) in [4.78, 5) is 24.3. The van der Waals surface area contributed by atoms with E-state index >= 15 is 0 Å². The van der Waals surface area contributed by atoms with Gasteiger partial charge in [-0.1, -0.05) is 19.6 Å². The molecule has 0 atom stereocenters. The quantitative estimate of drug-likeness (QED) is 0.226. The summed E-state index contributed by atoms with van der Waals surface area (Å²) in [5, 5.41) is 0.368. The number of ether oxygens (including phenoxy) is 2. The number of rotatable bonds is 4. The summed E-state index contributed by atoms with van der Waals surface area (Å²) in [5.74, 6) is -1.38. The van der Waals surface area contributed by atoms with Crippen molar-refractivity contribution >= 4 is 20.0 Å². The maximum atomic E-state index is 12.3. The second kappa shape index (κ2) is 8.39. The molecule has 0 spiro atoms. The van der Waals surface area contributed by atoms with Gasteiger partial charge in [-0.05, 0) is 49.6 Å². The van der Waals surface area contributed by atoms with E-state index in [9.17, 15) is 9.59 Å². The Balaban J connectivity index is 0. The number of esters is 2. The first kappa shape index (κ1) is 24.5. The van der Waals surface area contributed by atoms with Crippen LogP contribution in [0.2, 0.25) is 19.6 Å². The largest absolute Gasteiger partial charge is 2.00 e. The van der Waals surface area contributed by atoms with Gasteiger partial charge in [-0.2, -0.15) is 6.08 Å². The Morgan fingerprint density at radius 3 is 1.61 bits per heavy atom. The number of carbonyl (C=O) groups excluding carboxylic acids is 2. The van der Waals surface area contributed by atoms with Crippen LogP contribution in [0.3, 0.4) is 0 Å². The third-order valence-corrected chi connectivity index (χ3v) is 4.17. The molecule has 23 heavy (non-hydrogen) atoms. The summed E-state index contributed by atoms with van der Waals surface area (Å²) >= 11 is 0. The molecule has 4 nitrogen and oxygen atoms in total. The molecule has 0 aromatic rings. The predicted octanol–water partition coefficient (Wildman–Crippen LogP) is 3.63. The summed E-state index contributed by atoms with van der Waals surface area (Å²) < 4.78 is 10.5. The summed E-state index contributed by atoms with van der Waals surface area (Å²) in [7, 11) is -2.00. The summed E-state index contributed by atoms with van der Waals surface area (Å²) in [5.41, 5.74) is -1.38. The minimum Gasteiger partial charge on any atom is -0.528 e. The minimum atomic E-state index is -2.00. The molecule has 0 saturated heterocycles. The fourth-order valence-electron chi connectivity index (χ4n) is 1.34. The molecule has 0 saturated carbocycles. The van der Waals surface area contributed by atoms with Crippen molar-refractivity contribution in [3.63, 3.8) is 0 Å². The topological polar surface area (TPSA) is 52.6 Å². The molecule has 0 heterocycles. The van der Waals surface area contributed by atoms with Crippen LogP contribution in [0.15, 0.2) is 10.8 Å². The molecule has 0 aliphatic heterocycles. The molecule has 0 unspecified atom stereocenters. The Bertz CT molecular complexity index is 488. The fourth-order valence-corrected chi connectivity index (χ4v) is 2.25. The van der Waals surface area contributed by atoms with E-state index in [4.69, 9.17) is 16.1 Å². The Labute approximate surface area is 154 Å². The maximum absolute atomic E-state index is 12.3. The molecular formula is C17H28O4RhSi.